The molecule has 128 valence electrons. The lowest BCUT2D eigenvalue weighted by Gasteiger charge is -2.25. The van der Waals surface area contributed by atoms with Gasteiger partial charge in [-0.15, -0.1) is 0 Å². The summed E-state index contributed by atoms with van der Waals surface area (Å²) in [5.74, 6) is 0.141. The molecular weight excluding hydrogens is 320 g/mol. The Morgan fingerprint density at radius 2 is 1.71 bits per heavy atom. The molecule has 2 aromatic carbocycles. The Labute approximate surface area is 149 Å². The van der Waals surface area contributed by atoms with Crippen molar-refractivity contribution in [3.63, 3.8) is 0 Å². The molecule has 0 radical (unpaired) electrons. The fourth-order valence-corrected chi connectivity index (χ4v) is 2.79. The van der Waals surface area contributed by atoms with Crippen molar-refractivity contribution in [3.05, 3.63) is 70.2 Å². The van der Waals surface area contributed by atoms with Crippen LogP contribution in [0.2, 0.25) is 5.02 Å². The normalized spacial score (nSPS) is 10.9. The molecule has 0 aromatic heterocycles. The Kier molecular flexibility index (Phi) is 6.83. The van der Waals surface area contributed by atoms with E-state index in [0.29, 0.717) is 24.5 Å². The Hall–Kier alpha value is -1.84. The standard InChI is InChI=1S/C20H25ClN2O/c1-16-6-4-7-17(12-16)14-20(24)23(11-10-22(2)3)15-18-8-5-9-19(21)13-18/h4-9,12-13H,10-11,14-15H2,1-3H3. The molecule has 2 aromatic rings. The molecule has 0 aliphatic rings. The summed E-state index contributed by atoms with van der Waals surface area (Å²) in [6, 6.07) is 15.8. The Bertz CT molecular complexity index is 685. The van der Waals surface area contributed by atoms with Gasteiger partial charge < -0.3 is 9.80 Å². The summed E-state index contributed by atoms with van der Waals surface area (Å²) in [6.45, 7) is 4.16. The Morgan fingerprint density at radius 1 is 1.00 bits per heavy atom. The highest BCUT2D eigenvalue weighted by molar-refractivity contribution is 6.30. The second-order valence-corrected chi connectivity index (χ2v) is 6.85. The van der Waals surface area contributed by atoms with E-state index < -0.39 is 0 Å². The third-order valence-electron chi connectivity index (χ3n) is 3.87. The maximum atomic E-state index is 12.8. The summed E-state index contributed by atoms with van der Waals surface area (Å²) in [4.78, 5) is 16.8. The summed E-state index contributed by atoms with van der Waals surface area (Å²) in [5, 5.41) is 0.700. The predicted molar refractivity (Wildman–Crippen MR) is 100 cm³/mol. The molecule has 3 nitrogen and oxygen atoms in total. The van der Waals surface area contributed by atoms with Gasteiger partial charge in [-0.2, -0.15) is 0 Å². The quantitative estimate of drug-likeness (QED) is 0.763. The number of likely N-dealkylation sites (N-methyl/N-ethyl adjacent to an activating group) is 1. The van der Waals surface area contributed by atoms with Gasteiger partial charge in [-0.25, -0.2) is 0 Å². The lowest BCUT2D eigenvalue weighted by Crippen LogP contribution is -2.37. The first-order valence-corrected chi connectivity index (χ1v) is 8.54. The van der Waals surface area contributed by atoms with E-state index in [4.69, 9.17) is 11.6 Å². The summed E-state index contributed by atoms with van der Waals surface area (Å²) >= 11 is 6.07. The first kappa shape index (κ1) is 18.5. The third-order valence-corrected chi connectivity index (χ3v) is 4.11. The molecule has 1 amide bonds. The largest absolute Gasteiger partial charge is 0.337 e. The molecule has 0 atom stereocenters. The molecule has 0 saturated heterocycles. The smallest absolute Gasteiger partial charge is 0.227 e. The number of carbonyl (C=O) groups excluding carboxylic acids is 1. The number of amides is 1. The van der Waals surface area contributed by atoms with E-state index in [2.05, 4.69) is 11.0 Å². The van der Waals surface area contributed by atoms with E-state index in [-0.39, 0.29) is 5.91 Å². The molecule has 0 N–H and O–H groups in total. The maximum absolute atomic E-state index is 12.8. The zero-order valence-electron chi connectivity index (χ0n) is 14.6. The van der Waals surface area contributed by atoms with Gasteiger partial charge in [0.05, 0.1) is 6.42 Å². The van der Waals surface area contributed by atoms with E-state index in [0.717, 1.165) is 17.7 Å². The molecule has 24 heavy (non-hydrogen) atoms. The predicted octanol–water partition coefficient (Wildman–Crippen LogP) is 3.78. The van der Waals surface area contributed by atoms with Crippen molar-refractivity contribution in [1.29, 1.82) is 0 Å². The van der Waals surface area contributed by atoms with Crippen LogP contribution in [-0.4, -0.2) is 42.9 Å². The van der Waals surface area contributed by atoms with Gasteiger partial charge in [-0.1, -0.05) is 53.6 Å². The van der Waals surface area contributed by atoms with E-state index in [1.165, 1.54) is 5.56 Å². The summed E-state index contributed by atoms with van der Waals surface area (Å²) in [7, 11) is 4.03. The zero-order chi connectivity index (χ0) is 17.5. The van der Waals surface area contributed by atoms with E-state index in [1.807, 2.05) is 68.4 Å². The monoisotopic (exact) mass is 344 g/mol. The van der Waals surface area contributed by atoms with Crippen LogP contribution in [0, 0.1) is 6.92 Å². The molecule has 0 bridgehead atoms. The lowest BCUT2D eigenvalue weighted by molar-refractivity contribution is -0.131. The highest BCUT2D eigenvalue weighted by Gasteiger charge is 2.15. The molecule has 0 unspecified atom stereocenters. The van der Waals surface area contributed by atoms with E-state index in [9.17, 15) is 4.79 Å². The number of carbonyl (C=O) groups is 1. The zero-order valence-corrected chi connectivity index (χ0v) is 15.4. The molecule has 2 rings (SSSR count). The average molecular weight is 345 g/mol. The maximum Gasteiger partial charge on any atom is 0.227 e. The highest BCUT2D eigenvalue weighted by Crippen LogP contribution is 2.14. The van der Waals surface area contributed by atoms with Gasteiger partial charge in [0.2, 0.25) is 5.91 Å². The lowest BCUT2D eigenvalue weighted by atomic mass is 10.1. The molecule has 0 fully saturated rings. The summed E-state index contributed by atoms with van der Waals surface area (Å²) < 4.78 is 0. The van der Waals surface area contributed by atoms with Crippen LogP contribution in [0.15, 0.2) is 48.5 Å². The minimum absolute atomic E-state index is 0.141. The number of hydrogen-bond donors (Lipinski definition) is 0. The number of halogens is 1. The van der Waals surface area contributed by atoms with Crippen molar-refractivity contribution in [3.8, 4) is 0 Å². The van der Waals surface area contributed by atoms with Crippen LogP contribution < -0.4 is 0 Å². The number of hydrogen-bond acceptors (Lipinski definition) is 2. The van der Waals surface area contributed by atoms with Gasteiger partial charge in [0, 0.05) is 24.7 Å². The minimum Gasteiger partial charge on any atom is -0.337 e. The SMILES string of the molecule is Cc1cccc(CC(=O)N(CCN(C)C)Cc2cccc(Cl)c2)c1. The third kappa shape index (κ3) is 5.99. The van der Waals surface area contributed by atoms with Crippen molar-refractivity contribution in [1.82, 2.24) is 9.80 Å². The fraction of sp³-hybridized carbons (Fsp3) is 0.350. The topological polar surface area (TPSA) is 23.6 Å². The molecule has 0 saturated carbocycles. The Morgan fingerprint density at radius 3 is 2.38 bits per heavy atom. The van der Waals surface area contributed by atoms with Crippen LogP contribution in [0.4, 0.5) is 0 Å². The van der Waals surface area contributed by atoms with Gasteiger partial charge in [0.1, 0.15) is 0 Å². The van der Waals surface area contributed by atoms with Crippen molar-refractivity contribution in [2.45, 2.75) is 19.9 Å². The molecule has 0 heterocycles. The minimum atomic E-state index is 0.141. The molecular formula is C20H25ClN2O. The first-order valence-electron chi connectivity index (χ1n) is 8.16. The van der Waals surface area contributed by atoms with Crippen LogP contribution in [0.25, 0.3) is 0 Å². The van der Waals surface area contributed by atoms with Crippen LogP contribution >= 0.6 is 11.6 Å². The number of rotatable bonds is 7. The Balaban J connectivity index is 2.10. The van der Waals surface area contributed by atoms with Crippen LogP contribution in [0.3, 0.4) is 0 Å². The second kappa shape index (κ2) is 8.86. The summed E-state index contributed by atoms with van der Waals surface area (Å²) in [5.41, 5.74) is 3.29. The van der Waals surface area contributed by atoms with Crippen molar-refractivity contribution < 1.29 is 4.79 Å². The first-order chi connectivity index (χ1) is 11.4. The van der Waals surface area contributed by atoms with Crippen LogP contribution in [0.5, 0.6) is 0 Å². The van der Waals surface area contributed by atoms with E-state index >= 15 is 0 Å². The fourth-order valence-electron chi connectivity index (χ4n) is 2.58. The van der Waals surface area contributed by atoms with Gasteiger partial charge >= 0.3 is 0 Å². The number of nitrogens with zero attached hydrogens (tertiary/aromatic N) is 2. The summed E-state index contributed by atoms with van der Waals surface area (Å²) in [6.07, 6.45) is 0.426. The van der Waals surface area contributed by atoms with Crippen molar-refractivity contribution in [2.24, 2.45) is 0 Å². The molecule has 4 heteroatoms. The van der Waals surface area contributed by atoms with Gasteiger partial charge in [-0.05, 0) is 44.3 Å². The van der Waals surface area contributed by atoms with E-state index in [1.54, 1.807) is 0 Å². The molecule has 0 spiro atoms. The van der Waals surface area contributed by atoms with Crippen molar-refractivity contribution in [2.75, 3.05) is 27.2 Å². The average Bonchev–Trinajstić information content (AvgIpc) is 2.51. The molecule has 0 aliphatic carbocycles. The number of aryl methyl sites for hydroxylation is 1. The van der Waals surface area contributed by atoms with Gasteiger partial charge in [0.15, 0.2) is 0 Å². The van der Waals surface area contributed by atoms with Crippen LogP contribution in [0.1, 0.15) is 16.7 Å². The highest BCUT2D eigenvalue weighted by atomic mass is 35.5. The number of benzene rings is 2. The second-order valence-electron chi connectivity index (χ2n) is 6.41. The van der Waals surface area contributed by atoms with Crippen LogP contribution in [-0.2, 0) is 17.8 Å². The van der Waals surface area contributed by atoms with Crippen molar-refractivity contribution >= 4 is 17.5 Å². The van der Waals surface area contributed by atoms with Gasteiger partial charge in [-0.3, -0.25) is 4.79 Å². The molecule has 0 aliphatic heterocycles. The van der Waals surface area contributed by atoms with Gasteiger partial charge in [0.25, 0.3) is 0 Å².